The molecule has 2 aromatic rings. The van der Waals surface area contributed by atoms with E-state index >= 15 is 0 Å². The second kappa shape index (κ2) is 8.38. The zero-order chi connectivity index (χ0) is 21.1. The van der Waals surface area contributed by atoms with Gasteiger partial charge >= 0.3 is 5.97 Å². The topological polar surface area (TPSA) is 136 Å². The van der Waals surface area contributed by atoms with Gasteiger partial charge in [-0.15, -0.1) is 0 Å². The molecule has 0 fully saturated rings. The van der Waals surface area contributed by atoms with Crippen LogP contribution in [0.3, 0.4) is 0 Å². The number of hydrogen-bond acceptors (Lipinski definition) is 7. The second-order valence-corrected chi connectivity index (χ2v) is 6.83. The minimum atomic E-state index is -1.17. The third-order valence-electron chi connectivity index (χ3n) is 4.86. The van der Waals surface area contributed by atoms with E-state index in [1.807, 2.05) is 12.1 Å². The Balaban J connectivity index is 1.62. The summed E-state index contributed by atoms with van der Waals surface area (Å²) < 4.78 is 5.28. The van der Waals surface area contributed by atoms with Crippen LogP contribution in [0.25, 0.3) is 0 Å². The Morgan fingerprint density at radius 1 is 1.28 bits per heavy atom. The Kier molecular flexibility index (Phi) is 5.90. The van der Waals surface area contributed by atoms with Gasteiger partial charge in [-0.2, -0.15) is 0 Å². The molecular weight excluding hydrogens is 378 g/mol. The van der Waals surface area contributed by atoms with Crippen molar-refractivity contribution in [2.24, 2.45) is 5.73 Å². The fraction of sp³-hybridized carbons (Fsp3) is 0.300. The van der Waals surface area contributed by atoms with Crippen LogP contribution in [-0.4, -0.2) is 40.6 Å². The highest BCUT2D eigenvalue weighted by molar-refractivity contribution is 6.01. The minimum absolute atomic E-state index is 0.105. The predicted octanol–water partition coefficient (Wildman–Crippen LogP) is 1.48. The van der Waals surface area contributed by atoms with Crippen LogP contribution < -0.4 is 10.6 Å². The molecule has 0 unspecified atom stereocenters. The highest BCUT2D eigenvalue weighted by Gasteiger charge is 2.38. The number of aliphatic hydroxyl groups is 1. The molecule has 1 aliphatic heterocycles. The van der Waals surface area contributed by atoms with Gasteiger partial charge in [0.25, 0.3) is 5.69 Å². The van der Waals surface area contributed by atoms with Crippen molar-refractivity contribution in [2.75, 3.05) is 11.5 Å². The molecule has 3 N–H and O–H groups in total. The molecule has 2 aromatic carbocycles. The molecule has 0 saturated carbocycles. The van der Waals surface area contributed by atoms with Crippen LogP contribution >= 0.6 is 0 Å². The summed E-state index contributed by atoms with van der Waals surface area (Å²) in [6, 6.07) is 10.8. The molecule has 152 valence electrons. The summed E-state index contributed by atoms with van der Waals surface area (Å²) >= 11 is 0. The van der Waals surface area contributed by atoms with Crippen molar-refractivity contribution in [3.8, 4) is 0 Å². The summed E-state index contributed by atoms with van der Waals surface area (Å²) in [6.07, 6.45) is -0.831. The first-order valence-corrected chi connectivity index (χ1v) is 9.02. The number of ether oxygens (including phenoxy) is 1. The normalized spacial score (nSPS) is 17.3. The van der Waals surface area contributed by atoms with Crippen molar-refractivity contribution < 1.29 is 24.4 Å². The first kappa shape index (κ1) is 20.4. The van der Waals surface area contributed by atoms with Gasteiger partial charge in [-0.25, -0.2) is 4.79 Å². The largest absolute Gasteiger partial charge is 0.462 e. The van der Waals surface area contributed by atoms with E-state index in [9.17, 15) is 24.8 Å². The number of nitrogens with zero attached hydrogens (tertiary/aromatic N) is 2. The molecule has 3 rings (SSSR count). The molecule has 9 nitrogen and oxygen atoms in total. The van der Waals surface area contributed by atoms with Crippen molar-refractivity contribution in [1.29, 1.82) is 0 Å². The molecule has 0 radical (unpaired) electrons. The van der Waals surface area contributed by atoms with Gasteiger partial charge in [0, 0.05) is 31.2 Å². The number of aliphatic hydroxyl groups excluding tert-OH is 1. The first-order valence-electron chi connectivity index (χ1n) is 9.02. The van der Waals surface area contributed by atoms with E-state index in [1.165, 1.54) is 36.1 Å². The van der Waals surface area contributed by atoms with Crippen LogP contribution in [-0.2, 0) is 20.7 Å². The number of para-hydroxylation sites is 1. The number of anilines is 1. The van der Waals surface area contributed by atoms with E-state index in [4.69, 9.17) is 10.5 Å². The fourth-order valence-electron chi connectivity index (χ4n) is 3.37. The molecule has 9 heteroatoms. The van der Waals surface area contributed by atoms with Crippen molar-refractivity contribution >= 4 is 23.3 Å². The summed E-state index contributed by atoms with van der Waals surface area (Å²) in [5, 5.41) is 21.0. The van der Waals surface area contributed by atoms with Crippen LogP contribution in [0.4, 0.5) is 11.4 Å². The highest BCUT2D eigenvalue weighted by atomic mass is 16.6. The molecule has 0 bridgehead atoms. The molecule has 0 aliphatic carbocycles. The maximum Gasteiger partial charge on any atom is 0.329 e. The third-order valence-corrected chi connectivity index (χ3v) is 4.86. The van der Waals surface area contributed by atoms with Gasteiger partial charge in [0.1, 0.15) is 12.6 Å². The van der Waals surface area contributed by atoms with Gasteiger partial charge in [0.2, 0.25) is 5.91 Å². The number of non-ortho nitro benzene ring substituents is 1. The van der Waals surface area contributed by atoms with Crippen molar-refractivity contribution in [3.63, 3.8) is 0 Å². The van der Waals surface area contributed by atoms with Gasteiger partial charge in [-0.1, -0.05) is 18.2 Å². The lowest BCUT2D eigenvalue weighted by Gasteiger charge is -2.24. The maximum atomic E-state index is 12.6. The molecule has 29 heavy (non-hydrogen) atoms. The highest BCUT2D eigenvalue weighted by Crippen LogP contribution is 2.32. The number of hydrogen-bond donors (Lipinski definition) is 2. The Morgan fingerprint density at radius 2 is 1.93 bits per heavy atom. The van der Waals surface area contributed by atoms with Crippen LogP contribution in [0.2, 0.25) is 0 Å². The monoisotopic (exact) mass is 399 g/mol. The SMILES string of the molecule is CC(=O)N1c2ccccc2C[C@H]1C(=O)OC[C@@H](N)[C@H](O)c1ccc([N+](=O)[O-])cc1. The van der Waals surface area contributed by atoms with Crippen LogP contribution in [0, 0.1) is 10.1 Å². The smallest absolute Gasteiger partial charge is 0.329 e. The molecule has 1 heterocycles. The number of fused-ring (bicyclic) bond motifs is 1. The number of nitro groups is 1. The number of carbonyl (C=O) groups is 2. The lowest BCUT2D eigenvalue weighted by atomic mass is 10.0. The van der Waals surface area contributed by atoms with E-state index in [2.05, 4.69) is 0 Å². The lowest BCUT2D eigenvalue weighted by molar-refractivity contribution is -0.384. The van der Waals surface area contributed by atoms with E-state index in [1.54, 1.807) is 12.1 Å². The Labute approximate surface area is 166 Å². The van der Waals surface area contributed by atoms with Crippen LogP contribution in [0.1, 0.15) is 24.2 Å². The average Bonchev–Trinajstić information content (AvgIpc) is 3.11. The average molecular weight is 399 g/mol. The van der Waals surface area contributed by atoms with E-state index < -0.39 is 29.1 Å². The standard InChI is InChI=1S/C20H21N3O6/c1-12(24)22-17-5-3-2-4-14(17)10-18(22)20(26)29-11-16(21)19(25)13-6-8-15(9-7-13)23(27)28/h2-9,16,18-19,25H,10-11,21H2,1H3/t16-,18+,19-/m1/s1. The van der Waals surface area contributed by atoms with Crippen molar-refractivity contribution in [1.82, 2.24) is 0 Å². The summed E-state index contributed by atoms with van der Waals surface area (Å²) in [7, 11) is 0. The van der Waals surface area contributed by atoms with Gasteiger partial charge in [-0.05, 0) is 29.3 Å². The molecule has 0 spiro atoms. The summed E-state index contributed by atoms with van der Waals surface area (Å²) in [5.74, 6) is -0.880. The number of esters is 1. The van der Waals surface area contributed by atoms with Gasteiger partial charge in [0.05, 0.1) is 17.1 Å². The molecular formula is C20H21N3O6. The predicted molar refractivity (Wildman–Crippen MR) is 104 cm³/mol. The van der Waals surface area contributed by atoms with Crippen LogP contribution in [0.5, 0.6) is 0 Å². The van der Waals surface area contributed by atoms with E-state index in [-0.39, 0.29) is 18.2 Å². The fourth-order valence-corrected chi connectivity index (χ4v) is 3.37. The van der Waals surface area contributed by atoms with Crippen molar-refractivity contribution in [2.45, 2.75) is 31.5 Å². The van der Waals surface area contributed by atoms with Gasteiger partial charge in [0.15, 0.2) is 0 Å². The Morgan fingerprint density at radius 3 is 2.55 bits per heavy atom. The Bertz CT molecular complexity index is 930. The quantitative estimate of drug-likeness (QED) is 0.426. The lowest BCUT2D eigenvalue weighted by Crippen LogP contribution is -2.44. The number of nitro benzene ring substituents is 1. The number of rotatable bonds is 6. The summed E-state index contributed by atoms with van der Waals surface area (Å²) in [4.78, 5) is 36.2. The third kappa shape index (κ3) is 4.25. The zero-order valence-electron chi connectivity index (χ0n) is 15.7. The minimum Gasteiger partial charge on any atom is -0.462 e. The number of amides is 1. The molecule has 1 aliphatic rings. The number of benzene rings is 2. The number of carbonyl (C=O) groups excluding carboxylic acids is 2. The summed E-state index contributed by atoms with van der Waals surface area (Å²) in [6.45, 7) is 1.11. The molecule has 3 atom stereocenters. The molecule has 0 aromatic heterocycles. The second-order valence-electron chi connectivity index (χ2n) is 6.83. The Hall–Kier alpha value is -3.30. The summed E-state index contributed by atoms with van der Waals surface area (Å²) in [5.41, 5.74) is 7.75. The molecule has 0 saturated heterocycles. The van der Waals surface area contributed by atoms with E-state index in [0.29, 0.717) is 17.7 Å². The molecule has 1 amide bonds. The maximum absolute atomic E-state index is 12.6. The van der Waals surface area contributed by atoms with E-state index in [0.717, 1.165) is 5.56 Å². The van der Waals surface area contributed by atoms with Crippen LogP contribution in [0.15, 0.2) is 48.5 Å². The van der Waals surface area contributed by atoms with Gasteiger partial charge < -0.3 is 15.6 Å². The first-order chi connectivity index (χ1) is 13.8. The number of nitrogens with two attached hydrogens (primary N) is 1. The van der Waals surface area contributed by atoms with Crippen molar-refractivity contribution in [3.05, 3.63) is 69.8 Å². The zero-order valence-corrected chi connectivity index (χ0v) is 15.7. The van der Waals surface area contributed by atoms with Gasteiger partial charge in [-0.3, -0.25) is 19.8 Å².